The van der Waals surface area contributed by atoms with Crippen LogP contribution in [0.5, 0.6) is 0 Å². The second-order valence-corrected chi connectivity index (χ2v) is 5.08. The van der Waals surface area contributed by atoms with Gasteiger partial charge in [0.15, 0.2) is 0 Å². The molecule has 16 heavy (non-hydrogen) atoms. The summed E-state index contributed by atoms with van der Waals surface area (Å²) in [5.41, 5.74) is 8.32. The Bertz CT molecular complexity index is 483. The molecular formula is C13H15BrN2. The maximum Gasteiger partial charge on any atom is 0.104 e. The van der Waals surface area contributed by atoms with E-state index in [0.717, 1.165) is 10.3 Å². The molecule has 2 rings (SSSR count). The molecule has 0 atom stereocenters. The van der Waals surface area contributed by atoms with Crippen LogP contribution in [0.2, 0.25) is 0 Å². The minimum atomic E-state index is 0.393. The van der Waals surface area contributed by atoms with Crippen molar-refractivity contribution < 1.29 is 0 Å². The molecule has 0 bridgehead atoms. The van der Waals surface area contributed by atoms with Crippen LogP contribution in [0.3, 0.4) is 0 Å². The first-order valence-corrected chi connectivity index (χ1v) is 6.10. The molecule has 1 aromatic carbocycles. The van der Waals surface area contributed by atoms with E-state index in [4.69, 9.17) is 5.73 Å². The summed E-state index contributed by atoms with van der Waals surface area (Å²) in [6.45, 7) is 4.25. The number of rotatable bonds is 2. The lowest BCUT2D eigenvalue weighted by Crippen LogP contribution is -2.02. The Labute approximate surface area is 104 Å². The number of halogens is 1. The van der Waals surface area contributed by atoms with Gasteiger partial charge in [-0.05, 0) is 37.6 Å². The van der Waals surface area contributed by atoms with Crippen LogP contribution in [0.15, 0.2) is 41.0 Å². The lowest BCUT2D eigenvalue weighted by molar-refractivity contribution is 0.612. The Morgan fingerprint density at radius 3 is 2.25 bits per heavy atom. The van der Waals surface area contributed by atoms with E-state index in [1.165, 1.54) is 11.1 Å². The summed E-state index contributed by atoms with van der Waals surface area (Å²) in [4.78, 5) is 0. The normalized spacial score (nSPS) is 11.0. The SMILES string of the molecule is CC(C)n1cc(-c2ccc(Br)cc2)cc1N. The summed E-state index contributed by atoms with van der Waals surface area (Å²) in [6, 6.07) is 10.7. The van der Waals surface area contributed by atoms with Crippen LogP contribution in [0.1, 0.15) is 19.9 Å². The highest BCUT2D eigenvalue weighted by atomic mass is 79.9. The lowest BCUT2D eigenvalue weighted by atomic mass is 10.1. The largest absolute Gasteiger partial charge is 0.385 e. The van der Waals surface area contributed by atoms with E-state index in [-0.39, 0.29) is 0 Å². The molecule has 2 N–H and O–H groups in total. The van der Waals surface area contributed by atoms with Crippen LogP contribution >= 0.6 is 15.9 Å². The van der Waals surface area contributed by atoms with Crippen molar-refractivity contribution in [2.45, 2.75) is 19.9 Å². The molecule has 84 valence electrons. The fourth-order valence-corrected chi connectivity index (χ4v) is 2.01. The standard InChI is InChI=1S/C13H15BrN2/c1-9(2)16-8-11(7-13(16)15)10-3-5-12(14)6-4-10/h3-9H,15H2,1-2H3. The van der Waals surface area contributed by atoms with Gasteiger partial charge in [-0.3, -0.25) is 0 Å². The topological polar surface area (TPSA) is 30.9 Å². The summed E-state index contributed by atoms with van der Waals surface area (Å²) in [5, 5.41) is 0. The number of aromatic nitrogens is 1. The highest BCUT2D eigenvalue weighted by molar-refractivity contribution is 9.10. The Hall–Kier alpha value is -1.22. The zero-order valence-corrected chi connectivity index (χ0v) is 11.0. The van der Waals surface area contributed by atoms with Gasteiger partial charge in [0.25, 0.3) is 0 Å². The minimum Gasteiger partial charge on any atom is -0.385 e. The highest BCUT2D eigenvalue weighted by Crippen LogP contribution is 2.26. The zero-order chi connectivity index (χ0) is 11.7. The van der Waals surface area contributed by atoms with E-state index in [1.807, 2.05) is 18.2 Å². The zero-order valence-electron chi connectivity index (χ0n) is 9.44. The molecule has 0 saturated carbocycles. The molecule has 2 nitrogen and oxygen atoms in total. The molecule has 1 aromatic heterocycles. The van der Waals surface area contributed by atoms with Crippen molar-refractivity contribution in [1.29, 1.82) is 0 Å². The Balaban J connectivity index is 2.41. The maximum absolute atomic E-state index is 5.96. The van der Waals surface area contributed by atoms with E-state index in [0.29, 0.717) is 6.04 Å². The number of benzene rings is 1. The summed E-state index contributed by atoms with van der Waals surface area (Å²) >= 11 is 3.43. The van der Waals surface area contributed by atoms with Crippen molar-refractivity contribution in [3.63, 3.8) is 0 Å². The quantitative estimate of drug-likeness (QED) is 0.882. The summed E-state index contributed by atoms with van der Waals surface area (Å²) in [5.74, 6) is 0.813. The molecule has 0 aliphatic rings. The third kappa shape index (κ3) is 2.14. The first-order valence-electron chi connectivity index (χ1n) is 5.31. The smallest absolute Gasteiger partial charge is 0.104 e. The molecule has 0 spiro atoms. The number of nitrogens with zero attached hydrogens (tertiary/aromatic N) is 1. The van der Waals surface area contributed by atoms with Crippen LogP contribution in [-0.2, 0) is 0 Å². The molecule has 0 fully saturated rings. The second kappa shape index (κ2) is 4.34. The van der Waals surface area contributed by atoms with Crippen LogP contribution in [-0.4, -0.2) is 4.57 Å². The molecule has 0 aliphatic carbocycles. The first-order chi connectivity index (χ1) is 7.58. The third-order valence-electron chi connectivity index (χ3n) is 2.61. The van der Waals surface area contributed by atoms with Gasteiger partial charge < -0.3 is 10.3 Å². The molecule has 0 unspecified atom stereocenters. The molecule has 0 saturated heterocycles. The molecule has 2 aromatic rings. The number of nitrogens with two attached hydrogens (primary N) is 1. The monoisotopic (exact) mass is 278 g/mol. The molecule has 1 heterocycles. The molecule has 3 heteroatoms. The van der Waals surface area contributed by atoms with E-state index in [2.05, 4.69) is 52.7 Å². The third-order valence-corrected chi connectivity index (χ3v) is 3.14. The number of anilines is 1. The molecular weight excluding hydrogens is 264 g/mol. The van der Waals surface area contributed by atoms with Gasteiger partial charge in [-0.2, -0.15) is 0 Å². The minimum absolute atomic E-state index is 0.393. The van der Waals surface area contributed by atoms with Gasteiger partial charge in [0, 0.05) is 22.3 Å². The van der Waals surface area contributed by atoms with Gasteiger partial charge in [0.2, 0.25) is 0 Å². The van der Waals surface area contributed by atoms with Gasteiger partial charge in [-0.15, -0.1) is 0 Å². The van der Waals surface area contributed by atoms with Crippen LogP contribution in [0.25, 0.3) is 11.1 Å². The van der Waals surface area contributed by atoms with Crippen LogP contribution in [0.4, 0.5) is 5.82 Å². The van der Waals surface area contributed by atoms with E-state index in [9.17, 15) is 0 Å². The van der Waals surface area contributed by atoms with E-state index >= 15 is 0 Å². The summed E-state index contributed by atoms with van der Waals surface area (Å²) in [7, 11) is 0. The Morgan fingerprint density at radius 2 is 1.75 bits per heavy atom. The number of hydrogen-bond acceptors (Lipinski definition) is 1. The van der Waals surface area contributed by atoms with Gasteiger partial charge in [-0.1, -0.05) is 28.1 Å². The predicted molar refractivity (Wildman–Crippen MR) is 72.4 cm³/mol. The van der Waals surface area contributed by atoms with Gasteiger partial charge in [0.1, 0.15) is 5.82 Å². The lowest BCUT2D eigenvalue weighted by Gasteiger charge is -2.08. The van der Waals surface area contributed by atoms with Crippen molar-refractivity contribution in [3.05, 3.63) is 41.0 Å². The van der Waals surface area contributed by atoms with Crippen molar-refractivity contribution in [2.24, 2.45) is 0 Å². The molecule has 0 aliphatic heterocycles. The average molecular weight is 279 g/mol. The fraction of sp³-hybridized carbons (Fsp3) is 0.231. The van der Waals surface area contributed by atoms with Crippen molar-refractivity contribution >= 4 is 21.7 Å². The predicted octanol–water partition coefficient (Wildman–Crippen LogP) is 4.08. The van der Waals surface area contributed by atoms with Gasteiger partial charge in [-0.25, -0.2) is 0 Å². The number of nitrogen functional groups attached to an aromatic ring is 1. The van der Waals surface area contributed by atoms with E-state index in [1.54, 1.807) is 0 Å². The fourth-order valence-electron chi connectivity index (χ4n) is 1.74. The van der Waals surface area contributed by atoms with Crippen molar-refractivity contribution in [1.82, 2.24) is 4.57 Å². The van der Waals surface area contributed by atoms with Gasteiger partial charge >= 0.3 is 0 Å². The maximum atomic E-state index is 5.96. The number of hydrogen-bond donors (Lipinski definition) is 1. The summed E-state index contributed by atoms with van der Waals surface area (Å²) in [6.07, 6.45) is 2.10. The van der Waals surface area contributed by atoms with Crippen molar-refractivity contribution in [3.8, 4) is 11.1 Å². The van der Waals surface area contributed by atoms with Crippen LogP contribution in [0, 0.1) is 0 Å². The van der Waals surface area contributed by atoms with E-state index < -0.39 is 0 Å². The average Bonchev–Trinajstić information content (AvgIpc) is 2.61. The van der Waals surface area contributed by atoms with Gasteiger partial charge in [0.05, 0.1) is 0 Å². The van der Waals surface area contributed by atoms with Crippen molar-refractivity contribution in [2.75, 3.05) is 5.73 Å². The Kier molecular flexibility index (Phi) is 3.06. The molecule has 0 radical (unpaired) electrons. The first kappa shape index (κ1) is 11.3. The molecule has 0 amide bonds. The second-order valence-electron chi connectivity index (χ2n) is 4.16. The Morgan fingerprint density at radius 1 is 1.12 bits per heavy atom. The highest BCUT2D eigenvalue weighted by Gasteiger charge is 2.07. The summed E-state index contributed by atoms with van der Waals surface area (Å²) < 4.78 is 3.17. The van der Waals surface area contributed by atoms with Crippen LogP contribution < -0.4 is 5.73 Å².